The first kappa shape index (κ1) is 10.9. The quantitative estimate of drug-likeness (QED) is 0.424. The summed E-state index contributed by atoms with van der Waals surface area (Å²) < 4.78 is 33.3. The fourth-order valence-electron chi connectivity index (χ4n) is 0.396. The van der Waals surface area contributed by atoms with E-state index < -0.39 is 21.3 Å². The first-order chi connectivity index (χ1) is 4.93. The van der Waals surface area contributed by atoms with Crippen molar-refractivity contribution in [3.63, 3.8) is 0 Å². The maximum absolute atomic E-state index is 10.6. The Morgan fingerprint density at radius 3 is 2.27 bits per heavy atom. The van der Waals surface area contributed by atoms with Crippen LogP contribution in [0.25, 0.3) is 0 Å². The van der Waals surface area contributed by atoms with Gasteiger partial charge in [0.2, 0.25) is 0 Å². The van der Waals surface area contributed by atoms with Crippen molar-refractivity contribution in [3.8, 4) is 0 Å². The number of carbonyl (C=O) groups is 1. The van der Waals surface area contributed by atoms with Crippen molar-refractivity contribution in [2.75, 3.05) is 12.4 Å². The summed E-state index contributed by atoms with van der Waals surface area (Å²) in [5.74, 6) is -0.982. The van der Waals surface area contributed by atoms with E-state index in [4.69, 9.17) is 4.55 Å². The average molecular weight is 247 g/mol. The highest BCUT2D eigenvalue weighted by Crippen LogP contribution is 2.04. The van der Waals surface area contributed by atoms with Crippen LogP contribution in [0.15, 0.2) is 0 Å². The van der Waals surface area contributed by atoms with E-state index in [9.17, 15) is 13.2 Å². The molecule has 1 N–H and O–H groups in total. The molecule has 7 heteroatoms. The molecule has 0 heterocycles. The number of hydrogen-bond acceptors (Lipinski definition) is 4. The lowest BCUT2D eigenvalue weighted by atomic mass is 10.5. The Labute approximate surface area is 72.6 Å². The Morgan fingerprint density at radius 1 is 1.73 bits per heavy atom. The number of ether oxygens (including phenoxy) is 1. The molecule has 0 amide bonds. The number of esters is 1. The van der Waals surface area contributed by atoms with Gasteiger partial charge in [-0.2, -0.15) is 8.42 Å². The van der Waals surface area contributed by atoms with Gasteiger partial charge in [-0.15, -0.1) is 0 Å². The summed E-state index contributed by atoms with van der Waals surface area (Å²) in [6, 6.07) is 0. The van der Waals surface area contributed by atoms with Gasteiger partial charge in [-0.1, -0.05) is 15.9 Å². The summed E-state index contributed by atoms with van der Waals surface area (Å²) in [5.41, 5.74) is 0. The third kappa shape index (κ3) is 3.17. The largest absolute Gasteiger partial charge is 0.468 e. The van der Waals surface area contributed by atoms with Crippen LogP contribution in [-0.2, 0) is 19.6 Å². The molecule has 11 heavy (non-hydrogen) atoms. The topological polar surface area (TPSA) is 80.7 Å². The first-order valence-electron chi connectivity index (χ1n) is 2.53. The van der Waals surface area contributed by atoms with Gasteiger partial charge in [-0.05, 0) is 0 Å². The Balaban J connectivity index is 4.56. The van der Waals surface area contributed by atoms with Gasteiger partial charge in [-0.25, -0.2) is 0 Å². The van der Waals surface area contributed by atoms with Crippen molar-refractivity contribution >= 4 is 32.0 Å². The molecule has 1 atom stereocenters. The Kier molecular flexibility index (Phi) is 3.98. The molecular weight excluding hydrogens is 240 g/mol. The Bertz CT molecular complexity index is 233. The predicted octanol–water partition coefficient (Wildman–Crippen LogP) is -0.189. The van der Waals surface area contributed by atoms with Crippen LogP contribution in [0.5, 0.6) is 0 Å². The fraction of sp³-hybridized carbons (Fsp3) is 0.750. The number of hydrogen-bond donors (Lipinski definition) is 1. The van der Waals surface area contributed by atoms with Gasteiger partial charge in [0.05, 0.1) is 7.11 Å². The minimum atomic E-state index is -4.35. The molecule has 0 aliphatic rings. The van der Waals surface area contributed by atoms with E-state index in [2.05, 4.69) is 20.7 Å². The predicted molar refractivity (Wildman–Crippen MR) is 41.1 cm³/mol. The van der Waals surface area contributed by atoms with Crippen LogP contribution in [-0.4, -0.2) is 36.6 Å². The number of alkyl halides is 1. The van der Waals surface area contributed by atoms with Gasteiger partial charge in [-0.3, -0.25) is 9.35 Å². The van der Waals surface area contributed by atoms with E-state index in [0.29, 0.717) is 0 Å². The molecule has 1 unspecified atom stereocenters. The van der Waals surface area contributed by atoms with E-state index in [1.807, 2.05) is 0 Å². The minimum absolute atomic E-state index is 0.182. The zero-order valence-corrected chi connectivity index (χ0v) is 8.05. The van der Waals surface area contributed by atoms with Crippen molar-refractivity contribution in [3.05, 3.63) is 0 Å². The zero-order chi connectivity index (χ0) is 9.07. The zero-order valence-electron chi connectivity index (χ0n) is 5.65. The van der Waals surface area contributed by atoms with E-state index in [-0.39, 0.29) is 5.33 Å². The van der Waals surface area contributed by atoms with Crippen LogP contribution in [0.4, 0.5) is 0 Å². The summed E-state index contributed by atoms with van der Waals surface area (Å²) in [7, 11) is -3.30. The summed E-state index contributed by atoms with van der Waals surface area (Å²) >= 11 is 2.75. The summed E-state index contributed by atoms with van der Waals surface area (Å²) in [6.07, 6.45) is 0. The molecule has 0 radical (unpaired) electrons. The SMILES string of the molecule is COC(=O)C(CBr)S(=O)(=O)O. The third-order valence-corrected chi connectivity index (χ3v) is 3.12. The molecule has 5 nitrogen and oxygen atoms in total. The van der Waals surface area contributed by atoms with Gasteiger partial charge in [0.1, 0.15) is 0 Å². The molecule has 66 valence electrons. The standard InChI is InChI=1S/C4H7BrO5S/c1-10-4(6)3(2-5)11(7,8)9/h3H,2H2,1H3,(H,7,8,9). The second kappa shape index (κ2) is 4.03. The van der Waals surface area contributed by atoms with Crippen LogP contribution in [0.2, 0.25) is 0 Å². The molecule has 0 aliphatic carbocycles. The van der Waals surface area contributed by atoms with Gasteiger partial charge in [0.25, 0.3) is 10.1 Å². The number of methoxy groups -OCH3 is 1. The molecule has 0 bridgehead atoms. The van der Waals surface area contributed by atoms with E-state index in [1.165, 1.54) is 0 Å². The lowest BCUT2D eigenvalue weighted by Gasteiger charge is -2.06. The number of rotatable bonds is 3. The van der Waals surface area contributed by atoms with Crippen molar-refractivity contribution in [2.45, 2.75) is 5.25 Å². The van der Waals surface area contributed by atoms with Crippen molar-refractivity contribution < 1.29 is 22.5 Å². The highest BCUT2D eigenvalue weighted by molar-refractivity contribution is 9.09. The molecule has 0 spiro atoms. The second-order valence-corrected chi connectivity index (χ2v) is 3.93. The molecule has 0 aromatic carbocycles. The number of halogens is 1. The van der Waals surface area contributed by atoms with E-state index >= 15 is 0 Å². The molecule has 0 fully saturated rings. The smallest absolute Gasteiger partial charge is 0.327 e. The van der Waals surface area contributed by atoms with Gasteiger partial charge >= 0.3 is 5.97 Å². The normalized spacial score (nSPS) is 14.1. The Hall–Kier alpha value is -0.140. The van der Waals surface area contributed by atoms with Crippen molar-refractivity contribution in [1.82, 2.24) is 0 Å². The lowest BCUT2D eigenvalue weighted by Crippen LogP contribution is -2.32. The lowest BCUT2D eigenvalue weighted by molar-refractivity contribution is -0.139. The van der Waals surface area contributed by atoms with Crippen LogP contribution in [0, 0.1) is 0 Å². The molecule has 0 saturated heterocycles. The maximum atomic E-state index is 10.6. The average Bonchev–Trinajstić information content (AvgIpc) is 1.86. The second-order valence-electron chi connectivity index (χ2n) is 1.68. The molecule has 0 aliphatic heterocycles. The van der Waals surface area contributed by atoms with Crippen molar-refractivity contribution in [2.24, 2.45) is 0 Å². The third-order valence-electron chi connectivity index (χ3n) is 0.964. The maximum Gasteiger partial charge on any atom is 0.327 e. The first-order valence-corrected chi connectivity index (χ1v) is 5.16. The molecule has 0 aromatic heterocycles. The van der Waals surface area contributed by atoms with E-state index in [0.717, 1.165) is 7.11 Å². The van der Waals surface area contributed by atoms with Gasteiger partial charge in [0, 0.05) is 5.33 Å². The van der Waals surface area contributed by atoms with Crippen LogP contribution in [0.1, 0.15) is 0 Å². The molecule has 0 saturated carbocycles. The van der Waals surface area contributed by atoms with Gasteiger partial charge in [0.15, 0.2) is 5.25 Å². The summed E-state index contributed by atoms with van der Waals surface area (Å²) in [4.78, 5) is 10.6. The summed E-state index contributed by atoms with van der Waals surface area (Å²) in [5, 5.41) is -1.72. The van der Waals surface area contributed by atoms with Crippen LogP contribution in [0.3, 0.4) is 0 Å². The molecular formula is C4H7BrO5S. The highest BCUT2D eigenvalue weighted by Gasteiger charge is 2.30. The molecule has 0 rings (SSSR count). The molecule has 0 aromatic rings. The Morgan fingerprint density at radius 2 is 2.18 bits per heavy atom. The van der Waals surface area contributed by atoms with Crippen LogP contribution < -0.4 is 0 Å². The van der Waals surface area contributed by atoms with E-state index in [1.54, 1.807) is 0 Å². The monoisotopic (exact) mass is 246 g/mol. The van der Waals surface area contributed by atoms with Gasteiger partial charge < -0.3 is 4.74 Å². The highest BCUT2D eigenvalue weighted by atomic mass is 79.9. The summed E-state index contributed by atoms with van der Waals surface area (Å²) in [6.45, 7) is 0. The minimum Gasteiger partial charge on any atom is -0.468 e. The van der Waals surface area contributed by atoms with Crippen LogP contribution >= 0.6 is 15.9 Å². The fourth-order valence-corrected chi connectivity index (χ4v) is 2.16. The van der Waals surface area contributed by atoms with Crippen molar-refractivity contribution in [1.29, 1.82) is 0 Å². The number of carbonyl (C=O) groups excluding carboxylic acids is 1.